The van der Waals surface area contributed by atoms with Crippen LogP contribution in [0.25, 0.3) is 0 Å². The quantitative estimate of drug-likeness (QED) is 0.215. The number of nitrogen functional groups attached to an aromatic ring is 1. The van der Waals surface area contributed by atoms with E-state index >= 15 is 0 Å². The number of anilines is 1. The van der Waals surface area contributed by atoms with Crippen LogP contribution in [0.5, 0.6) is 0 Å². The highest BCUT2D eigenvalue weighted by Gasteiger charge is 2.50. The van der Waals surface area contributed by atoms with Gasteiger partial charge < -0.3 is 20.7 Å². The lowest BCUT2D eigenvalue weighted by Gasteiger charge is -2.27. The molecule has 10 nitrogen and oxygen atoms in total. The summed E-state index contributed by atoms with van der Waals surface area (Å²) in [6, 6.07) is 1.03. The van der Waals surface area contributed by atoms with E-state index in [2.05, 4.69) is 4.74 Å². The van der Waals surface area contributed by atoms with Crippen LogP contribution < -0.4 is 5.73 Å². The number of aliphatic carboxylic acids is 2. The summed E-state index contributed by atoms with van der Waals surface area (Å²) in [7, 11) is 0.972. The lowest BCUT2D eigenvalue weighted by atomic mass is 9.74. The molecular formula is C15H18N2O8. The number of hydrogen-bond donors (Lipinski definition) is 3. The molecule has 0 amide bonds. The molecule has 0 bridgehead atoms. The molecule has 1 rings (SSSR count). The molecule has 4 N–H and O–H groups in total. The maximum atomic E-state index is 12.1. The lowest BCUT2D eigenvalue weighted by molar-refractivity contribution is -0.384. The Morgan fingerprint density at radius 2 is 1.80 bits per heavy atom. The average molecular weight is 354 g/mol. The Balaban J connectivity index is 4.14. The van der Waals surface area contributed by atoms with Gasteiger partial charge in [0.2, 0.25) is 0 Å². The summed E-state index contributed by atoms with van der Waals surface area (Å²) >= 11 is 0. The molecule has 0 spiro atoms. The van der Waals surface area contributed by atoms with Crippen molar-refractivity contribution in [2.75, 3.05) is 12.8 Å². The first-order chi connectivity index (χ1) is 11.6. The topological polar surface area (TPSA) is 170 Å². The third-order valence-corrected chi connectivity index (χ3v) is 4.09. The number of benzene rings is 1. The van der Waals surface area contributed by atoms with Crippen molar-refractivity contribution in [2.45, 2.75) is 32.1 Å². The Bertz CT molecular complexity index is 742. The number of carbonyl (C=O) groups is 3. The number of esters is 1. The molecule has 0 heterocycles. The number of nitrogens with two attached hydrogens (primary N) is 1. The van der Waals surface area contributed by atoms with Gasteiger partial charge in [-0.25, -0.2) is 4.79 Å². The third kappa shape index (κ3) is 2.97. The summed E-state index contributed by atoms with van der Waals surface area (Å²) in [5.41, 5.74) is 1.01. The number of carboxylic acid groups (broad SMARTS) is 2. The van der Waals surface area contributed by atoms with Crippen molar-refractivity contribution in [1.29, 1.82) is 0 Å². The van der Waals surface area contributed by atoms with Crippen LogP contribution in [0.15, 0.2) is 6.07 Å². The second-order valence-corrected chi connectivity index (χ2v) is 5.19. The summed E-state index contributed by atoms with van der Waals surface area (Å²) < 4.78 is 4.54. The molecule has 0 saturated carbocycles. The highest BCUT2D eigenvalue weighted by atomic mass is 16.6. The Kier molecular flexibility index (Phi) is 5.69. The van der Waals surface area contributed by atoms with Gasteiger partial charge >= 0.3 is 17.9 Å². The normalized spacial score (nSPS) is 11.0. The van der Waals surface area contributed by atoms with Crippen molar-refractivity contribution in [3.05, 3.63) is 32.9 Å². The van der Waals surface area contributed by atoms with Crippen molar-refractivity contribution >= 4 is 29.3 Å². The minimum Gasteiger partial charge on any atom is -0.480 e. The maximum Gasteiger partial charge on any atom is 0.340 e. The van der Waals surface area contributed by atoms with Gasteiger partial charge in [-0.3, -0.25) is 19.7 Å². The third-order valence-electron chi connectivity index (χ3n) is 4.09. The zero-order valence-electron chi connectivity index (χ0n) is 13.9. The molecule has 0 aliphatic carbocycles. The van der Waals surface area contributed by atoms with Gasteiger partial charge in [0, 0.05) is 5.56 Å². The largest absolute Gasteiger partial charge is 0.480 e. The molecule has 0 atom stereocenters. The standard InChI is InChI=1S/C15H18N2O8/c1-4-7-6-8(15(5-2,13(19)20)14(21)22)9(12(18)25-3)10(16)11(7)17(23)24/h6H,4-5,16H2,1-3H3,(H,19,20)(H,21,22). The molecule has 0 aliphatic rings. The van der Waals surface area contributed by atoms with Crippen molar-refractivity contribution < 1.29 is 34.3 Å². The first kappa shape index (κ1) is 19.9. The number of hydrogen-bond acceptors (Lipinski definition) is 7. The summed E-state index contributed by atoms with van der Waals surface area (Å²) in [5.74, 6) is -4.59. The fraction of sp³-hybridized carbons (Fsp3) is 0.400. The van der Waals surface area contributed by atoms with Crippen LogP contribution in [-0.4, -0.2) is 40.2 Å². The molecule has 0 radical (unpaired) electrons. The number of carboxylic acids is 2. The summed E-state index contributed by atoms with van der Waals surface area (Å²) in [6.07, 6.45) is -0.337. The molecule has 0 unspecified atom stereocenters. The highest BCUT2D eigenvalue weighted by molar-refractivity contribution is 6.10. The van der Waals surface area contributed by atoms with Crippen LogP contribution in [0.3, 0.4) is 0 Å². The molecule has 0 aliphatic heterocycles. The number of methoxy groups -OCH3 is 1. The summed E-state index contributed by atoms with van der Waals surface area (Å²) in [6.45, 7) is 2.87. The van der Waals surface area contributed by atoms with Crippen molar-refractivity contribution in [2.24, 2.45) is 0 Å². The first-order valence-electron chi connectivity index (χ1n) is 7.25. The first-order valence-corrected chi connectivity index (χ1v) is 7.25. The van der Waals surface area contributed by atoms with Crippen LogP contribution in [-0.2, 0) is 26.2 Å². The summed E-state index contributed by atoms with van der Waals surface area (Å²) in [4.78, 5) is 46.2. The molecule has 0 saturated heterocycles. The average Bonchev–Trinajstić information content (AvgIpc) is 2.53. The Morgan fingerprint density at radius 1 is 1.28 bits per heavy atom. The van der Waals surface area contributed by atoms with Gasteiger partial charge in [-0.1, -0.05) is 13.8 Å². The second-order valence-electron chi connectivity index (χ2n) is 5.19. The Labute approximate surface area is 142 Å². The van der Waals surface area contributed by atoms with Gasteiger partial charge in [0.05, 0.1) is 17.6 Å². The Hall–Kier alpha value is -3.17. The number of aryl methyl sites for hydroxylation is 1. The van der Waals surface area contributed by atoms with E-state index in [1.54, 1.807) is 6.92 Å². The predicted octanol–water partition coefficient (Wildman–Crippen LogP) is 1.34. The minimum absolute atomic E-state index is 0.0190. The summed E-state index contributed by atoms with van der Waals surface area (Å²) in [5, 5.41) is 30.4. The van der Waals surface area contributed by atoms with Gasteiger partial charge in [-0.05, 0) is 24.5 Å². The van der Waals surface area contributed by atoms with E-state index in [1.165, 1.54) is 6.92 Å². The van der Waals surface area contributed by atoms with Crippen LogP contribution in [0.1, 0.15) is 41.8 Å². The van der Waals surface area contributed by atoms with E-state index in [4.69, 9.17) is 5.73 Å². The molecule has 10 heteroatoms. The predicted molar refractivity (Wildman–Crippen MR) is 85.5 cm³/mol. The van der Waals surface area contributed by atoms with E-state index in [1.807, 2.05) is 0 Å². The number of nitrogens with zero attached hydrogens (tertiary/aromatic N) is 1. The van der Waals surface area contributed by atoms with Crippen LogP contribution in [0, 0.1) is 10.1 Å². The molecule has 1 aromatic rings. The van der Waals surface area contributed by atoms with E-state index < -0.39 is 57.2 Å². The fourth-order valence-corrected chi connectivity index (χ4v) is 2.71. The highest BCUT2D eigenvalue weighted by Crippen LogP contribution is 2.40. The number of nitro benzene ring substituents is 1. The lowest BCUT2D eigenvalue weighted by Crippen LogP contribution is -2.44. The van der Waals surface area contributed by atoms with Gasteiger partial charge in [-0.15, -0.1) is 0 Å². The number of rotatable bonds is 7. The number of nitro groups is 1. The molecule has 25 heavy (non-hydrogen) atoms. The molecule has 0 fully saturated rings. The van der Waals surface area contributed by atoms with E-state index in [0.717, 1.165) is 13.2 Å². The molecule has 0 aromatic heterocycles. The van der Waals surface area contributed by atoms with Gasteiger partial charge in [0.1, 0.15) is 5.69 Å². The van der Waals surface area contributed by atoms with Gasteiger partial charge in [0.25, 0.3) is 5.69 Å². The van der Waals surface area contributed by atoms with Crippen LogP contribution in [0.2, 0.25) is 0 Å². The van der Waals surface area contributed by atoms with E-state index in [0.29, 0.717) is 0 Å². The minimum atomic E-state index is -2.50. The Morgan fingerprint density at radius 3 is 2.12 bits per heavy atom. The fourth-order valence-electron chi connectivity index (χ4n) is 2.71. The van der Waals surface area contributed by atoms with Crippen molar-refractivity contribution in [3.63, 3.8) is 0 Å². The number of ether oxygens (including phenoxy) is 1. The SMILES string of the molecule is CCc1cc(C(CC)(C(=O)O)C(=O)O)c(C(=O)OC)c(N)c1[N+](=O)[O-]. The molecular weight excluding hydrogens is 336 g/mol. The zero-order chi connectivity index (χ0) is 19.5. The van der Waals surface area contributed by atoms with E-state index in [9.17, 15) is 34.7 Å². The second kappa shape index (κ2) is 7.16. The van der Waals surface area contributed by atoms with Crippen molar-refractivity contribution in [1.82, 2.24) is 0 Å². The zero-order valence-corrected chi connectivity index (χ0v) is 13.9. The van der Waals surface area contributed by atoms with Crippen LogP contribution in [0.4, 0.5) is 11.4 Å². The monoisotopic (exact) mass is 354 g/mol. The van der Waals surface area contributed by atoms with Crippen LogP contribution >= 0.6 is 0 Å². The smallest absolute Gasteiger partial charge is 0.340 e. The van der Waals surface area contributed by atoms with Crippen molar-refractivity contribution in [3.8, 4) is 0 Å². The molecule has 136 valence electrons. The van der Waals surface area contributed by atoms with Gasteiger partial charge in [-0.2, -0.15) is 0 Å². The number of carbonyl (C=O) groups excluding carboxylic acids is 1. The van der Waals surface area contributed by atoms with Gasteiger partial charge in [0.15, 0.2) is 5.41 Å². The molecule has 1 aromatic carbocycles. The van der Waals surface area contributed by atoms with E-state index in [-0.39, 0.29) is 12.0 Å². The maximum absolute atomic E-state index is 12.1.